The lowest BCUT2D eigenvalue weighted by Gasteiger charge is -2.13. The largest absolute Gasteiger partial charge is 0.490 e. The van der Waals surface area contributed by atoms with Gasteiger partial charge < -0.3 is 19.9 Å². The van der Waals surface area contributed by atoms with Crippen molar-refractivity contribution in [1.82, 2.24) is 5.32 Å². The molecule has 0 radical (unpaired) electrons. The number of aliphatic hydroxyl groups is 1. The van der Waals surface area contributed by atoms with Crippen molar-refractivity contribution in [1.29, 1.82) is 0 Å². The van der Waals surface area contributed by atoms with Crippen LogP contribution < -0.4 is 14.8 Å². The van der Waals surface area contributed by atoms with Gasteiger partial charge in [0, 0.05) is 13.1 Å². The molecule has 0 bridgehead atoms. The molecule has 18 heavy (non-hydrogen) atoms. The normalized spacial score (nSPS) is 12.2. The third kappa shape index (κ3) is 4.94. The van der Waals surface area contributed by atoms with Crippen LogP contribution in [0, 0.1) is 0 Å². The van der Waals surface area contributed by atoms with Gasteiger partial charge in [-0.15, -0.1) is 0 Å². The first kappa shape index (κ1) is 14.8. The lowest BCUT2D eigenvalue weighted by atomic mass is 10.2. The van der Waals surface area contributed by atoms with Gasteiger partial charge in [-0.2, -0.15) is 0 Å². The van der Waals surface area contributed by atoms with Gasteiger partial charge in [0.1, 0.15) is 0 Å². The molecule has 0 spiro atoms. The van der Waals surface area contributed by atoms with Gasteiger partial charge in [0.2, 0.25) is 0 Å². The monoisotopic (exact) mass is 253 g/mol. The second-order valence-corrected chi connectivity index (χ2v) is 4.13. The van der Waals surface area contributed by atoms with E-state index in [9.17, 15) is 5.11 Å². The first-order chi connectivity index (χ1) is 8.67. The molecule has 0 aromatic heterocycles. The number of hydrogen-bond donors (Lipinski definition) is 2. The Labute approximate surface area is 109 Å². The summed E-state index contributed by atoms with van der Waals surface area (Å²) in [6.45, 7) is 8.19. The van der Waals surface area contributed by atoms with Gasteiger partial charge in [0.05, 0.1) is 19.3 Å². The predicted molar refractivity (Wildman–Crippen MR) is 72.2 cm³/mol. The van der Waals surface area contributed by atoms with Crippen molar-refractivity contribution in [3.8, 4) is 11.5 Å². The zero-order valence-corrected chi connectivity index (χ0v) is 11.4. The SMILES string of the molecule is CCOc1ccc(CNCC(C)O)cc1OCC. The highest BCUT2D eigenvalue weighted by molar-refractivity contribution is 5.43. The first-order valence-electron chi connectivity index (χ1n) is 6.44. The molecule has 2 N–H and O–H groups in total. The number of hydrogen-bond acceptors (Lipinski definition) is 4. The Morgan fingerprint density at radius 3 is 2.44 bits per heavy atom. The number of aliphatic hydroxyl groups excluding tert-OH is 1. The zero-order valence-electron chi connectivity index (χ0n) is 11.4. The van der Waals surface area contributed by atoms with Crippen molar-refractivity contribution in [2.45, 2.75) is 33.4 Å². The molecule has 0 aliphatic rings. The third-order valence-electron chi connectivity index (χ3n) is 2.38. The fraction of sp³-hybridized carbons (Fsp3) is 0.571. The molecule has 102 valence electrons. The molecule has 1 atom stereocenters. The quantitative estimate of drug-likeness (QED) is 0.743. The molecule has 1 aromatic rings. The summed E-state index contributed by atoms with van der Waals surface area (Å²) in [5.74, 6) is 1.55. The van der Waals surface area contributed by atoms with E-state index in [0.717, 1.165) is 17.1 Å². The molecule has 0 aliphatic carbocycles. The van der Waals surface area contributed by atoms with Gasteiger partial charge in [-0.05, 0) is 38.5 Å². The fourth-order valence-electron chi connectivity index (χ4n) is 1.63. The molecule has 4 nitrogen and oxygen atoms in total. The molecular formula is C14H23NO3. The van der Waals surface area contributed by atoms with E-state index in [1.165, 1.54) is 0 Å². The smallest absolute Gasteiger partial charge is 0.161 e. The molecule has 0 fully saturated rings. The summed E-state index contributed by atoms with van der Waals surface area (Å²) in [4.78, 5) is 0. The van der Waals surface area contributed by atoms with Crippen LogP contribution in [-0.2, 0) is 6.54 Å². The Morgan fingerprint density at radius 1 is 1.17 bits per heavy atom. The van der Waals surface area contributed by atoms with Gasteiger partial charge >= 0.3 is 0 Å². The summed E-state index contributed by atoms with van der Waals surface area (Å²) in [5, 5.41) is 12.4. The van der Waals surface area contributed by atoms with Crippen molar-refractivity contribution in [3.05, 3.63) is 23.8 Å². The maximum absolute atomic E-state index is 9.18. The molecule has 0 saturated carbocycles. The van der Waals surface area contributed by atoms with Crippen molar-refractivity contribution < 1.29 is 14.6 Å². The molecule has 1 rings (SSSR count). The zero-order chi connectivity index (χ0) is 13.4. The average molecular weight is 253 g/mol. The van der Waals surface area contributed by atoms with E-state index in [0.29, 0.717) is 26.3 Å². The standard InChI is InChI=1S/C14H23NO3/c1-4-17-13-7-6-12(8-14(13)18-5-2)10-15-9-11(3)16/h6-8,11,15-16H,4-5,9-10H2,1-3H3. The van der Waals surface area contributed by atoms with E-state index >= 15 is 0 Å². The molecule has 1 unspecified atom stereocenters. The molecule has 0 aliphatic heterocycles. The van der Waals surface area contributed by atoms with E-state index in [1.54, 1.807) is 6.92 Å². The van der Waals surface area contributed by atoms with Crippen LogP contribution in [0.2, 0.25) is 0 Å². The Morgan fingerprint density at radius 2 is 1.83 bits per heavy atom. The van der Waals surface area contributed by atoms with E-state index in [4.69, 9.17) is 9.47 Å². The van der Waals surface area contributed by atoms with Crippen LogP contribution >= 0.6 is 0 Å². The molecule has 1 aromatic carbocycles. The van der Waals surface area contributed by atoms with Crippen molar-refractivity contribution in [2.75, 3.05) is 19.8 Å². The second kappa shape index (κ2) is 7.95. The van der Waals surface area contributed by atoms with E-state index in [-0.39, 0.29) is 6.10 Å². The minimum atomic E-state index is -0.334. The second-order valence-electron chi connectivity index (χ2n) is 4.13. The van der Waals surface area contributed by atoms with E-state index in [1.807, 2.05) is 32.0 Å². The topological polar surface area (TPSA) is 50.7 Å². The minimum absolute atomic E-state index is 0.334. The fourth-order valence-corrected chi connectivity index (χ4v) is 1.63. The van der Waals surface area contributed by atoms with Crippen LogP contribution in [0.15, 0.2) is 18.2 Å². The molecular weight excluding hydrogens is 230 g/mol. The Bertz CT molecular complexity index is 353. The maximum Gasteiger partial charge on any atom is 0.161 e. The van der Waals surface area contributed by atoms with Crippen molar-refractivity contribution >= 4 is 0 Å². The molecule has 0 heterocycles. The van der Waals surface area contributed by atoms with Crippen LogP contribution in [0.1, 0.15) is 26.3 Å². The molecule has 0 saturated heterocycles. The number of benzene rings is 1. The van der Waals surface area contributed by atoms with Crippen LogP contribution in [0.5, 0.6) is 11.5 Å². The Kier molecular flexibility index (Phi) is 6.54. The van der Waals surface area contributed by atoms with Crippen LogP contribution in [0.4, 0.5) is 0 Å². The lowest BCUT2D eigenvalue weighted by molar-refractivity contribution is 0.191. The van der Waals surface area contributed by atoms with E-state index in [2.05, 4.69) is 5.32 Å². The minimum Gasteiger partial charge on any atom is -0.490 e. The van der Waals surface area contributed by atoms with Crippen molar-refractivity contribution in [2.24, 2.45) is 0 Å². The van der Waals surface area contributed by atoms with E-state index < -0.39 is 0 Å². The maximum atomic E-state index is 9.18. The first-order valence-corrected chi connectivity index (χ1v) is 6.44. The van der Waals surface area contributed by atoms with Gasteiger partial charge in [-0.3, -0.25) is 0 Å². The average Bonchev–Trinajstić information content (AvgIpc) is 2.32. The van der Waals surface area contributed by atoms with Crippen LogP contribution in [0.25, 0.3) is 0 Å². The number of ether oxygens (including phenoxy) is 2. The lowest BCUT2D eigenvalue weighted by Crippen LogP contribution is -2.23. The number of rotatable bonds is 8. The van der Waals surface area contributed by atoms with Gasteiger partial charge in [-0.25, -0.2) is 0 Å². The summed E-state index contributed by atoms with van der Waals surface area (Å²) in [7, 11) is 0. The van der Waals surface area contributed by atoms with Crippen molar-refractivity contribution in [3.63, 3.8) is 0 Å². The van der Waals surface area contributed by atoms with Crippen LogP contribution in [-0.4, -0.2) is 31.0 Å². The Balaban J connectivity index is 2.66. The number of nitrogens with one attached hydrogen (secondary N) is 1. The highest BCUT2D eigenvalue weighted by Crippen LogP contribution is 2.28. The molecule has 4 heteroatoms. The highest BCUT2D eigenvalue weighted by Gasteiger charge is 2.06. The third-order valence-corrected chi connectivity index (χ3v) is 2.38. The summed E-state index contributed by atoms with van der Waals surface area (Å²) in [6, 6.07) is 5.90. The van der Waals surface area contributed by atoms with Gasteiger partial charge in [0.15, 0.2) is 11.5 Å². The molecule has 0 amide bonds. The summed E-state index contributed by atoms with van der Waals surface area (Å²) >= 11 is 0. The summed E-state index contributed by atoms with van der Waals surface area (Å²) in [6.07, 6.45) is -0.334. The summed E-state index contributed by atoms with van der Waals surface area (Å²) < 4.78 is 11.1. The predicted octanol–water partition coefficient (Wildman–Crippen LogP) is 1.95. The van der Waals surface area contributed by atoms with Gasteiger partial charge in [0.25, 0.3) is 0 Å². The van der Waals surface area contributed by atoms with Crippen LogP contribution in [0.3, 0.4) is 0 Å². The Hall–Kier alpha value is -1.26. The summed E-state index contributed by atoms with van der Waals surface area (Å²) in [5.41, 5.74) is 1.11. The van der Waals surface area contributed by atoms with Gasteiger partial charge in [-0.1, -0.05) is 6.07 Å². The highest BCUT2D eigenvalue weighted by atomic mass is 16.5.